The SMILES string of the molecule is COc1ccc2c(O[C@@H]3C[C@H]4C(=O)C[C@]5(C(=O)NS(=O)(=O)C6CC6)C[C@H]5/C=C\CCCCCCC(=O)N4C3)cc(-c3nc(C(C)C)cs3)nc2c1. The van der Waals surface area contributed by atoms with Gasteiger partial charge in [0.15, 0.2) is 5.78 Å². The first-order chi connectivity index (χ1) is 24.5. The average Bonchev–Trinajstić information content (AvgIpc) is 3.97. The number of amides is 2. The van der Waals surface area contributed by atoms with Gasteiger partial charge in [-0.2, -0.15) is 0 Å². The number of ether oxygens (including phenoxy) is 2. The van der Waals surface area contributed by atoms with Gasteiger partial charge in [0.2, 0.25) is 21.8 Å². The van der Waals surface area contributed by atoms with Crippen molar-refractivity contribution in [3.63, 3.8) is 0 Å². The molecule has 1 aromatic carbocycles. The number of carbonyl (C=O) groups excluding carboxylic acids is 3. The van der Waals surface area contributed by atoms with Gasteiger partial charge in [-0.3, -0.25) is 19.1 Å². The average molecular weight is 735 g/mol. The Bertz CT molecular complexity index is 1970. The van der Waals surface area contributed by atoms with Crippen LogP contribution in [0.25, 0.3) is 21.6 Å². The van der Waals surface area contributed by atoms with E-state index >= 15 is 0 Å². The standard InChI is InChI=1S/C38H46N4O7S2/c1-23(2)31-22-50-36(40-31)30-18-34(28-15-12-25(48-3)16-29(28)39-30)49-26-17-32-33(43)20-38(37(45)41-51(46,47)27-13-14-27)19-24(38)10-8-6-4-5-7-9-11-35(44)42(32)21-26/h8,10,12,15-16,18,22-24,26-27,32H,4-7,9,11,13-14,17,19-21H2,1-3H3,(H,41,45)/b10-8-/t24-,26-,32+,38-/m1/s1. The Morgan fingerprint density at radius 3 is 2.65 bits per heavy atom. The fourth-order valence-corrected chi connectivity index (χ4v) is 9.70. The highest BCUT2D eigenvalue weighted by atomic mass is 32.2. The van der Waals surface area contributed by atoms with Crippen molar-refractivity contribution in [3.05, 3.63) is 47.5 Å². The molecular formula is C38H46N4O7S2. The highest BCUT2D eigenvalue weighted by Crippen LogP contribution is 2.57. The Morgan fingerprint density at radius 1 is 1.10 bits per heavy atom. The van der Waals surface area contributed by atoms with Gasteiger partial charge in [-0.05, 0) is 62.5 Å². The van der Waals surface area contributed by atoms with Crippen LogP contribution in [0.1, 0.15) is 96.1 Å². The molecule has 0 radical (unpaired) electrons. The van der Waals surface area contributed by atoms with Gasteiger partial charge in [-0.15, -0.1) is 11.3 Å². The third kappa shape index (κ3) is 7.55. The summed E-state index contributed by atoms with van der Waals surface area (Å²) in [6.07, 6.45) is 9.83. The number of hydrogen-bond donors (Lipinski definition) is 1. The number of aromatic nitrogens is 2. The van der Waals surface area contributed by atoms with Crippen LogP contribution in [0.5, 0.6) is 11.5 Å². The molecule has 1 N–H and O–H groups in total. The molecule has 1 saturated heterocycles. The second kappa shape index (κ2) is 14.3. The van der Waals surface area contributed by atoms with E-state index in [0.29, 0.717) is 48.4 Å². The third-order valence-electron chi connectivity index (χ3n) is 10.7. The first kappa shape index (κ1) is 35.6. The number of allylic oxidation sites excluding steroid dienone is 2. The molecule has 4 aliphatic rings. The molecule has 0 spiro atoms. The highest BCUT2D eigenvalue weighted by molar-refractivity contribution is 7.90. The van der Waals surface area contributed by atoms with Crippen LogP contribution in [0, 0.1) is 11.3 Å². The number of benzene rings is 1. The van der Waals surface area contributed by atoms with Gasteiger partial charge in [0, 0.05) is 42.2 Å². The van der Waals surface area contributed by atoms with Crippen LogP contribution in [0.3, 0.4) is 0 Å². The van der Waals surface area contributed by atoms with E-state index in [-0.39, 0.29) is 42.9 Å². The van der Waals surface area contributed by atoms with Crippen LogP contribution in [0.4, 0.5) is 0 Å². The van der Waals surface area contributed by atoms with Crippen molar-refractivity contribution < 1.29 is 32.3 Å². The van der Waals surface area contributed by atoms with Crippen molar-refractivity contribution >= 4 is 49.9 Å². The van der Waals surface area contributed by atoms with Crippen LogP contribution in [-0.4, -0.2) is 71.9 Å². The summed E-state index contributed by atoms with van der Waals surface area (Å²) in [6, 6.07) is 6.67. The van der Waals surface area contributed by atoms with Crippen LogP contribution in [0.2, 0.25) is 0 Å². The van der Waals surface area contributed by atoms with Crippen molar-refractivity contribution in [1.82, 2.24) is 19.6 Å². The lowest BCUT2D eigenvalue weighted by atomic mass is 9.91. The Morgan fingerprint density at radius 2 is 1.90 bits per heavy atom. The van der Waals surface area contributed by atoms with Crippen molar-refractivity contribution in [1.29, 1.82) is 0 Å². The zero-order valence-corrected chi connectivity index (χ0v) is 31.1. The number of thiazole rings is 1. The Balaban J connectivity index is 1.18. The number of sulfonamides is 1. The van der Waals surface area contributed by atoms with Crippen molar-refractivity contribution in [2.45, 2.75) is 108 Å². The lowest BCUT2D eigenvalue weighted by Crippen LogP contribution is -2.44. The summed E-state index contributed by atoms with van der Waals surface area (Å²) in [6.45, 7) is 4.41. The topological polar surface area (TPSA) is 145 Å². The monoisotopic (exact) mass is 734 g/mol. The summed E-state index contributed by atoms with van der Waals surface area (Å²) in [5.74, 6) is 0.287. The number of methoxy groups -OCH3 is 1. The Labute approximate surface area is 303 Å². The second-order valence-corrected chi connectivity index (χ2v) is 17.6. The van der Waals surface area contributed by atoms with E-state index in [0.717, 1.165) is 48.2 Å². The van der Waals surface area contributed by atoms with Gasteiger partial charge in [-0.1, -0.05) is 38.8 Å². The van der Waals surface area contributed by atoms with Crippen LogP contribution in [0.15, 0.2) is 41.8 Å². The molecule has 13 heteroatoms. The summed E-state index contributed by atoms with van der Waals surface area (Å²) in [4.78, 5) is 53.1. The number of nitrogens with one attached hydrogen (secondary N) is 1. The van der Waals surface area contributed by atoms with E-state index in [4.69, 9.17) is 19.4 Å². The predicted molar refractivity (Wildman–Crippen MR) is 195 cm³/mol. The van der Waals surface area contributed by atoms with Crippen molar-refractivity contribution in [3.8, 4) is 22.2 Å². The zero-order valence-electron chi connectivity index (χ0n) is 29.4. The van der Waals surface area contributed by atoms with E-state index in [1.165, 1.54) is 11.3 Å². The Kier molecular flexibility index (Phi) is 9.96. The number of pyridine rings is 1. The molecule has 2 saturated carbocycles. The number of carbonyl (C=O) groups is 3. The van der Waals surface area contributed by atoms with Gasteiger partial charge >= 0.3 is 0 Å². The first-order valence-electron chi connectivity index (χ1n) is 18.1. The van der Waals surface area contributed by atoms with Gasteiger partial charge in [0.25, 0.3) is 0 Å². The van der Waals surface area contributed by atoms with Crippen molar-refractivity contribution in [2.24, 2.45) is 11.3 Å². The van der Waals surface area contributed by atoms with Gasteiger partial charge in [0.1, 0.15) is 28.3 Å². The molecule has 0 unspecified atom stereocenters. The van der Waals surface area contributed by atoms with Gasteiger partial charge in [0.05, 0.1) is 41.6 Å². The summed E-state index contributed by atoms with van der Waals surface area (Å²) in [5.41, 5.74) is 1.16. The molecule has 0 bridgehead atoms. The predicted octanol–water partition coefficient (Wildman–Crippen LogP) is 6.32. The fraction of sp³-hybridized carbons (Fsp3) is 0.553. The molecule has 2 aromatic heterocycles. The molecule has 4 heterocycles. The van der Waals surface area contributed by atoms with Crippen molar-refractivity contribution in [2.75, 3.05) is 13.7 Å². The van der Waals surface area contributed by atoms with Crippen LogP contribution >= 0.6 is 11.3 Å². The number of ketones is 1. The fourth-order valence-electron chi connectivity index (χ4n) is 7.37. The minimum atomic E-state index is -3.79. The smallest absolute Gasteiger partial charge is 0.240 e. The molecule has 272 valence electrons. The number of hydrogen-bond acceptors (Lipinski definition) is 10. The number of Topliss-reactive ketones (excluding diaryl/α,β-unsaturated/α-hetero) is 1. The molecule has 2 aliphatic heterocycles. The van der Waals surface area contributed by atoms with E-state index < -0.39 is 38.7 Å². The van der Waals surface area contributed by atoms with E-state index in [1.807, 2.05) is 41.8 Å². The number of nitrogens with zero attached hydrogens (tertiary/aromatic N) is 3. The minimum Gasteiger partial charge on any atom is -0.497 e. The summed E-state index contributed by atoms with van der Waals surface area (Å²) in [5, 5.41) is 3.01. The largest absolute Gasteiger partial charge is 0.497 e. The molecular weight excluding hydrogens is 689 g/mol. The van der Waals surface area contributed by atoms with Crippen LogP contribution < -0.4 is 14.2 Å². The lowest BCUT2D eigenvalue weighted by Gasteiger charge is -2.25. The minimum absolute atomic E-state index is 0.108. The molecule has 3 aromatic rings. The second-order valence-electron chi connectivity index (χ2n) is 14.8. The maximum absolute atomic E-state index is 14.3. The Hall–Kier alpha value is -3.84. The van der Waals surface area contributed by atoms with E-state index in [1.54, 1.807) is 12.0 Å². The molecule has 11 nitrogen and oxygen atoms in total. The molecule has 51 heavy (non-hydrogen) atoms. The normalized spacial score (nSPS) is 26.6. The molecule has 2 aliphatic carbocycles. The molecule has 7 rings (SSSR count). The molecule has 3 fully saturated rings. The van der Waals surface area contributed by atoms with E-state index in [9.17, 15) is 22.8 Å². The maximum atomic E-state index is 14.3. The lowest BCUT2D eigenvalue weighted by molar-refractivity contribution is -0.139. The zero-order chi connectivity index (χ0) is 35.9. The number of fused-ring (bicyclic) bond motifs is 3. The molecule has 4 atom stereocenters. The van der Waals surface area contributed by atoms with Gasteiger partial charge in [-0.25, -0.2) is 18.4 Å². The van der Waals surface area contributed by atoms with Crippen LogP contribution in [-0.2, 0) is 24.4 Å². The summed E-state index contributed by atoms with van der Waals surface area (Å²) >= 11 is 1.52. The molecule has 2 amide bonds. The third-order valence-corrected chi connectivity index (χ3v) is 13.4. The first-order valence-corrected chi connectivity index (χ1v) is 20.6. The summed E-state index contributed by atoms with van der Waals surface area (Å²) in [7, 11) is -2.18. The van der Waals surface area contributed by atoms with E-state index in [2.05, 4.69) is 18.6 Å². The summed E-state index contributed by atoms with van der Waals surface area (Å²) < 4.78 is 40.1. The highest BCUT2D eigenvalue weighted by Gasteiger charge is 2.61. The quantitative estimate of drug-likeness (QED) is 0.263. The van der Waals surface area contributed by atoms with Gasteiger partial charge < -0.3 is 14.4 Å². The maximum Gasteiger partial charge on any atom is 0.240 e. The number of rotatable bonds is 8.